The summed E-state index contributed by atoms with van der Waals surface area (Å²) in [5.41, 5.74) is 1.55. The van der Waals surface area contributed by atoms with E-state index in [4.69, 9.17) is 24.1 Å². The zero-order valence-electron chi connectivity index (χ0n) is 25.3. The molecule has 0 atom stereocenters. The number of aliphatic hydroxyl groups is 1. The molecule has 236 valence electrons. The van der Waals surface area contributed by atoms with Gasteiger partial charge in [0.05, 0.1) is 13.2 Å². The average Bonchev–Trinajstić information content (AvgIpc) is 2.92. The highest BCUT2D eigenvalue weighted by Gasteiger charge is 2.10. The van der Waals surface area contributed by atoms with Gasteiger partial charge in [0.2, 0.25) is 0 Å². The van der Waals surface area contributed by atoms with Gasteiger partial charge in [0.1, 0.15) is 36.2 Å². The zero-order valence-corrected chi connectivity index (χ0v) is 26.9. The lowest BCUT2D eigenvalue weighted by atomic mass is 10.1. The minimum atomic E-state index is -0.531. The van der Waals surface area contributed by atoms with Gasteiger partial charge in [0, 0.05) is 6.61 Å². The molecule has 0 saturated heterocycles. The summed E-state index contributed by atoms with van der Waals surface area (Å²) in [5, 5.41) is 29.3. The Morgan fingerprint density at radius 1 is 0.738 bits per heavy atom. The molecule has 0 spiro atoms. The maximum atomic E-state index is 11.6. The van der Waals surface area contributed by atoms with Crippen LogP contribution in [-0.2, 0) is 31.9 Å². The summed E-state index contributed by atoms with van der Waals surface area (Å²) in [6.45, 7) is 10.7. The summed E-state index contributed by atoms with van der Waals surface area (Å²) in [4.78, 5) is 23.1. The predicted octanol–water partition coefficient (Wildman–Crippen LogP) is 5.40. The minimum Gasteiger partial charge on any atom is -0.508 e. The monoisotopic (exact) mass is 626 g/mol. The number of phenolic OH excluding ortho intramolecular Hbond substituents is 2. The number of aliphatic hydroxyl groups excluding tert-OH is 1. The Labute approximate surface area is 258 Å². The molecule has 0 fully saturated rings. The summed E-state index contributed by atoms with van der Waals surface area (Å²) < 4.78 is 20.3. The number of hydrogen-bond donors (Lipinski definition) is 3. The first-order chi connectivity index (χ1) is 20.0. The molecular weight excluding hydrogens is 580 g/mol. The van der Waals surface area contributed by atoms with Gasteiger partial charge < -0.3 is 34.3 Å². The number of carbonyl (C=O) groups is 2. The second kappa shape index (κ2) is 22.1. The standard InChI is InChI=1S/C16H24O4S.C15H22O5S/c1-4-8-19-11-16(18)20-14-5-6-15(17)13(10-14)7-9-21-12(2)3;1-11(2)21-8-5-12-9-13(3-4-14(12)17)20-15(18)10-19-7-6-16/h5-6,10,12,17H,4,7-9,11H2,1-3H3;3-4,9,11,16-17H,5-8,10H2,1-2H3. The molecule has 9 nitrogen and oxygen atoms in total. The van der Waals surface area contributed by atoms with Gasteiger partial charge in [-0.3, -0.25) is 0 Å². The van der Waals surface area contributed by atoms with Crippen molar-refractivity contribution in [3.8, 4) is 23.0 Å². The van der Waals surface area contributed by atoms with Crippen LogP contribution in [0.3, 0.4) is 0 Å². The van der Waals surface area contributed by atoms with Crippen LogP contribution < -0.4 is 9.47 Å². The van der Waals surface area contributed by atoms with Crippen molar-refractivity contribution in [2.45, 2.75) is 64.4 Å². The van der Waals surface area contributed by atoms with Crippen LogP contribution in [0, 0.1) is 0 Å². The molecule has 0 heterocycles. The molecule has 0 amide bonds. The van der Waals surface area contributed by atoms with Crippen LogP contribution in [-0.4, -0.2) is 82.3 Å². The number of esters is 2. The molecule has 0 aromatic heterocycles. The number of carbonyl (C=O) groups excluding carboxylic acids is 2. The molecule has 2 aromatic carbocycles. The van der Waals surface area contributed by atoms with E-state index >= 15 is 0 Å². The van der Waals surface area contributed by atoms with Gasteiger partial charge in [-0.15, -0.1) is 0 Å². The van der Waals surface area contributed by atoms with Crippen LogP contribution >= 0.6 is 23.5 Å². The maximum absolute atomic E-state index is 11.6. The van der Waals surface area contributed by atoms with Gasteiger partial charge in [-0.25, -0.2) is 9.59 Å². The Morgan fingerprint density at radius 2 is 1.17 bits per heavy atom. The Hall–Kier alpha value is -2.44. The fourth-order valence-corrected chi connectivity index (χ4v) is 4.92. The maximum Gasteiger partial charge on any atom is 0.337 e. The quantitative estimate of drug-likeness (QED) is 0.112. The number of thioether (sulfide) groups is 2. The van der Waals surface area contributed by atoms with E-state index in [1.807, 2.05) is 18.7 Å². The van der Waals surface area contributed by atoms with Gasteiger partial charge >= 0.3 is 11.9 Å². The van der Waals surface area contributed by atoms with Crippen molar-refractivity contribution in [1.29, 1.82) is 0 Å². The van der Waals surface area contributed by atoms with E-state index in [0.29, 0.717) is 35.0 Å². The highest BCUT2D eigenvalue weighted by molar-refractivity contribution is 8.00. The number of aryl methyl sites for hydroxylation is 2. The largest absolute Gasteiger partial charge is 0.508 e. The lowest BCUT2D eigenvalue weighted by Gasteiger charge is -2.09. The van der Waals surface area contributed by atoms with E-state index in [9.17, 15) is 19.8 Å². The van der Waals surface area contributed by atoms with Gasteiger partial charge in [0.25, 0.3) is 0 Å². The predicted molar refractivity (Wildman–Crippen MR) is 169 cm³/mol. The van der Waals surface area contributed by atoms with E-state index in [1.54, 1.807) is 42.1 Å². The normalized spacial score (nSPS) is 10.9. The van der Waals surface area contributed by atoms with Crippen molar-refractivity contribution < 1.29 is 43.9 Å². The third-order valence-corrected chi connectivity index (χ3v) is 7.45. The summed E-state index contributed by atoms with van der Waals surface area (Å²) in [6, 6.07) is 9.59. The molecule has 0 unspecified atom stereocenters. The average molecular weight is 627 g/mol. The third-order valence-electron chi connectivity index (χ3n) is 5.23. The number of benzene rings is 2. The highest BCUT2D eigenvalue weighted by atomic mass is 32.2. The molecule has 0 bridgehead atoms. The molecule has 0 aliphatic carbocycles. The Kier molecular flexibility index (Phi) is 19.8. The van der Waals surface area contributed by atoms with Crippen molar-refractivity contribution in [2.24, 2.45) is 0 Å². The third kappa shape index (κ3) is 17.5. The van der Waals surface area contributed by atoms with Crippen LogP contribution in [0.1, 0.15) is 52.2 Å². The first-order valence-electron chi connectivity index (χ1n) is 14.1. The van der Waals surface area contributed by atoms with Crippen LogP contribution in [0.2, 0.25) is 0 Å². The molecule has 3 N–H and O–H groups in total. The molecular formula is C31H46O9S2. The number of phenols is 2. The van der Waals surface area contributed by atoms with Crippen LogP contribution in [0.5, 0.6) is 23.0 Å². The number of rotatable bonds is 18. The first kappa shape index (κ1) is 37.6. The van der Waals surface area contributed by atoms with Crippen LogP contribution in [0.15, 0.2) is 36.4 Å². The number of ether oxygens (including phenoxy) is 4. The highest BCUT2D eigenvalue weighted by Crippen LogP contribution is 2.26. The molecule has 11 heteroatoms. The summed E-state index contributed by atoms with van der Waals surface area (Å²) in [6.07, 6.45) is 2.32. The first-order valence-corrected chi connectivity index (χ1v) is 16.2. The SMILES string of the molecule is CC(C)SCCc1cc(OC(=O)COCCO)ccc1O.CCCOCC(=O)Oc1ccc(O)c(CCSC(C)C)c1. The van der Waals surface area contributed by atoms with E-state index in [-0.39, 0.29) is 37.9 Å². The van der Waals surface area contributed by atoms with Crippen molar-refractivity contribution in [1.82, 2.24) is 0 Å². The summed E-state index contributed by atoms with van der Waals surface area (Å²) in [7, 11) is 0. The van der Waals surface area contributed by atoms with Gasteiger partial charge in [-0.05, 0) is 88.8 Å². The fourth-order valence-electron chi connectivity index (χ4n) is 3.30. The van der Waals surface area contributed by atoms with E-state index in [0.717, 1.165) is 35.5 Å². The zero-order chi connectivity index (χ0) is 31.3. The lowest BCUT2D eigenvalue weighted by Crippen LogP contribution is -2.17. The molecule has 0 aliphatic heterocycles. The summed E-state index contributed by atoms with van der Waals surface area (Å²) >= 11 is 3.63. The number of hydrogen-bond acceptors (Lipinski definition) is 11. The smallest absolute Gasteiger partial charge is 0.337 e. The number of aromatic hydroxyl groups is 2. The second-order valence-electron chi connectivity index (χ2n) is 9.70. The summed E-state index contributed by atoms with van der Waals surface area (Å²) in [5.74, 6) is 2.13. The van der Waals surface area contributed by atoms with Crippen molar-refractivity contribution in [2.75, 3.05) is 44.5 Å². The molecule has 0 saturated carbocycles. The second-order valence-corrected chi connectivity index (χ2v) is 13.1. The topological polar surface area (TPSA) is 132 Å². The van der Waals surface area contributed by atoms with Gasteiger partial charge in [-0.2, -0.15) is 23.5 Å². The molecule has 2 rings (SSSR count). The van der Waals surface area contributed by atoms with Crippen LogP contribution in [0.25, 0.3) is 0 Å². The Bertz CT molecular complexity index is 977. The molecule has 42 heavy (non-hydrogen) atoms. The Balaban J connectivity index is 0.000000420. The van der Waals surface area contributed by atoms with Gasteiger partial charge in [0.15, 0.2) is 0 Å². The lowest BCUT2D eigenvalue weighted by molar-refractivity contribution is -0.140. The van der Waals surface area contributed by atoms with Crippen molar-refractivity contribution in [3.05, 3.63) is 47.5 Å². The Morgan fingerprint density at radius 3 is 1.55 bits per heavy atom. The van der Waals surface area contributed by atoms with Crippen LogP contribution in [0.4, 0.5) is 0 Å². The molecule has 0 aliphatic rings. The van der Waals surface area contributed by atoms with Crippen molar-refractivity contribution in [3.63, 3.8) is 0 Å². The van der Waals surface area contributed by atoms with E-state index in [2.05, 4.69) is 27.7 Å². The fraction of sp³-hybridized carbons (Fsp3) is 0.548. The molecule has 0 radical (unpaired) electrons. The van der Waals surface area contributed by atoms with E-state index < -0.39 is 11.9 Å². The minimum absolute atomic E-state index is 0.0484. The van der Waals surface area contributed by atoms with Gasteiger partial charge in [-0.1, -0.05) is 34.6 Å². The molecule has 2 aromatic rings. The van der Waals surface area contributed by atoms with E-state index in [1.165, 1.54) is 6.07 Å². The van der Waals surface area contributed by atoms with Crippen molar-refractivity contribution >= 4 is 35.5 Å².